The third-order valence-corrected chi connectivity index (χ3v) is 4.05. The summed E-state index contributed by atoms with van der Waals surface area (Å²) >= 11 is 5.94. The van der Waals surface area contributed by atoms with E-state index in [4.69, 9.17) is 11.6 Å². The van der Waals surface area contributed by atoms with E-state index in [2.05, 4.69) is 9.47 Å². The van der Waals surface area contributed by atoms with E-state index in [0.717, 1.165) is 36.0 Å². The Morgan fingerprint density at radius 2 is 1.72 bits per heavy atom. The van der Waals surface area contributed by atoms with Crippen LogP contribution in [-0.2, 0) is 31.8 Å². The summed E-state index contributed by atoms with van der Waals surface area (Å²) in [4.78, 5) is 36.2. The molecule has 0 aliphatic rings. The lowest BCUT2D eigenvalue weighted by Gasteiger charge is -2.25. The smallest absolute Gasteiger partial charge is 0.416 e. The minimum atomic E-state index is -4.51. The summed E-state index contributed by atoms with van der Waals surface area (Å²) in [5, 5.41) is 1.09. The molecule has 1 aromatic heterocycles. The van der Waals surface area contributed by atoms with Crippen molar-refractivity contribution in [3.05, 3.63) is 58.4 Å². The highest BCUT2D eigenvalue weighted by atomic mass is 35.5. The van der Waals surface area contributed by atoms with Crippen LogP contribution in [-0.4, -0.2) is 36.7 Å². The van der Waals surface area contributed by atoms with Crippen LogP contribution < -0.4 is 5.01 Å². The molecule has 0 unspecified atom stereocenters. The van der Waals surface area contributed by atoms with Gasteiger partial charge < -0.3 is 9.47 Å². The van der Waals surface area contributed by atoms with Gasteiger partial charge in [-0.2, -0.15) is 13.2 Å². The summed E-state index contributed by atoms with van der Waals surface area (Å²) < 4.78 is 48.5. The molecule has 2 aromatic rings. The van der Waals surface area contributed by atoms with Crippen molar-refractivity contribution in [1.29, 1.82) is 0 Å². The maximum absolute atomic E-state index is 12.8. The number of aromatic nitrogens is 1. The van der Waals surface area contributed by atoms with Crippen molar-refractivity contribution in [3.8, 4) is 0 Å². The second kappa shape index (κ2) is 8.99. The lowest BCUT2D eigenvalue weighted by atomic mass is 10.1. The third kappa shape index (κ3) is 5.50. The zero-order chi connectivity index (χ0) is 21.8. The molecule has 29 heavy (non-hydrogen) atoms. The topological polar surface area (TPSA) is 77.8 Å². The van der Waals surface area contributed by atoms with Crippen LogP contribution in [0.4, 0.5) is 13.2 Å². The molecule has 11 heteroatoms. The molecule has 0 radical (unpaired) electrons. The first-order valence-electron chi connectivity index (χ1n) is 8.06. The fourth-order valence-corrected chi connectivity index (χ4v) is 2.62. The number of esters is 2. The summed E-state index contributed by atoms with van der Waals surface area (Å²) in [5.41, 5.74) is -0.646. The Balaban J connectivity index is 2.42. The average Bonchev–Trinajstić information content (AvgIpc) is 3.06. The van der Waals surface area contributed by atoms with Gasteiger partial charge in [0, 0.05) is 6.20 Å². The number of amides is 1. The Bertz CT molecular complexity index is 909. The molecule has 7 nitrogen and oxygen atoms in total. The summed E-state index contributed by atoms with van der Waals surface area (Å²) in [5.74, 6) is -2.40. The van der Waals surface area contributed by atoms with E-state index in [9.17, 15) is 27.6 Å². The largest absolute Gasteiger partial charge is 0.469 e. The molecule has 1 amide bonds. The van der Waals surface area contributed by atoms with Crippen molar-refractivity contribution in [2.45, 2.75) is 19.1 Å². The monoisotopic (exact) mass is 432 g/mol. The average molecular weight is 433 g/mol. The van der Waals surface area contributed by atoms with E-state index in [1.165, 1.54) is 24.4 Å². The molecule has 2 rings (SSSR count). The third-order valence-electron chi connectivity index (χ3n) is 3.85. The SMILES string of the molecule is COC(=O)CC(=O)N(Cc1ccc(C(F)(F)F)cc1)n1cc(Cl)cc1C(=O)OC. The van der Waals surface area contributed by atoms with Gasteiger partial charge in [-0.15, -0.1) is 0 Å². The number of nitrogens with zero attached hydrogens (tertiary/aromatic N) is 2. The van der Waals surface area contributed by atoms with Crippen molar-refractivity contribution in [1.82, 2.24) is 4.68 Å². The number of ether oxygens (including phenoxy) is 2. The molecule has 0 spiro atoms. The fraction of sp³-hybridized carbons (Fsp3) is 0.278. The van der Waals surface area contributed by atoms with Gasteiger partial charge in [0.15, 0.2) is 0 Å². The van der Waals surface area contributed by atoms with Crippen molar-refractivity contribution in [3.63, 3.8) is 0 Å². The number of halogens is 4. The number of rotatable bonds is 6. The molecule has 0 bridgehead atoms. The van der Waals surface area contributed by atoms with Gasteiger partial charge in [0.1, 0.15) is 12.1 Å². The van der Waals surface area contributed by atoms with E-state index in [0.29, 0.717) is 5.56 Å². The highest BCUT2D eigenvalue weighted by molar-refractivity contribution is 6.31. The molecule has 0 aliphatic heterocycles. The first-order valence-corrected chi connectivity index (χ1v) is 8.44. The first kappa shape index (κ1) is 22.3. The maximum Gasteiger partial charge on any atom is 0.416 e. The minimum absolute atomic E-state index is 0.105. The summed E-state index contributed by atoms with van der Waals surface area (Å²) in [6.45, 7) is -0.247. The highest BCUT2D eigenvalue weighted by Gasteiger charge is 2.30. The van der Waals surface area contributed by atoms with E-state index < -0.39 is 36.0 Å². The predicted molar refractivity (Wildman–Crippen MR) is 95.8 cm³/mol. The van der Waals surface area contributed by atoms with Crippen LogP contribution in [0.25, 0.3) is 0 Å². The Hall–Kier alpha value is -3.01. The highest BCUT2D eigenvalue weighted by Crippen LogP contribution is 2.29. The summed E-state index contributed by atoms with van der Waals surface area (Å²) in [7, 11) is 2.23. The molecule has 0 fully saturated rings. The van der Waals surface area contributed by atoms with Gasteiger partial charge >= 0.3 is 18.1 Å². The number of carbonyl (C=O) groups excluding carboxylic acids is 3. The second-order valence-corrected chi connectivity index (χ2v) is 6.22. The van der Waals surface area contributed by atoms with Crippen molar-refractivity contribution < 1.29 is 37.0 Å². The predicted octanol–water partition coefficient (Wildman–Crippen LogP) is 3.17. The van der Waals surface area contributed by atoms with E-state index >= 15 is 0 Å². The molecule has 1 aromatic carbocycles. The van der Waals surface area contributed by atoms with Crippen LogP contribution >= 0.6 is 11.6 Å². The van der Waals surface area contributed by atoms with Crippen LogP contribution in [0.5, 0.6) is 0 Å². The normalized spacial score (nSPS) is 11.1. The van der Waals surface area contributed by atoms with E-state index in [1.54, 1.807) is 0 Å². The second-order valence-electron chi connectivity index (χ2n) is 5.78. The summed E-state index contributed by atoms with van der Waals surface area (Å²) in [6, 6.07) is 5.34. The Kier molecular flexibility index (Phi) is 6.91. The summed E-state index contributed by atoms with van der Waals surface area (Å²) in [6.07, 6.45) is -3.93. The van der Waals surface area contributed by atoms with Crippen molar-refractivity contribution in [2.75, 3.05) is 19.2 Å². The van der Waals surface area contributed by atoms with Gasteiger partial charge in [0.25, 0.3) is 5.91 Å². The number of hydrogen-bond acceptors (Lipinski definition) is 5. The number of methoxy groups -OCH3 is 2. The van der Waals surface area contributed by atoms with Crippen molar-refractivity contribution >= 4 is 29.4 Å². The Labute approximate surface area is 168 Å². The minimum Gasteiger partial charge on any atom is -0.469 e. The van der Waals surface area contributed by atoms with E-state index in [-0.39, 0.29) is 17.3 Å². The number of benzene rings is 1. The Morgan fingerprint density at radius 3 is 2.24 bits per heavy atom. The maximum atomic E-state index is 12.8. The van der Waals surface area contributed by atoms with Gasteiger partial charge in [0.05, 0.1) is 31.4 Å². The van der Waals surface area contributed by atoms with E-state index in [1.807, 2.05) is 0 Å². The van der Waals surface area contributed by atoms with Crippen LogP contribution in [0.1, 0.15) is 28.0 Å². The fourth-order valence-electron chi connectivity index (χ4n) is 2.42. The standard InChI is InChI=1S/C18H16ClF3N2O5/c1-28-16(26)8-15(25)24(23-10-13(19)7-14(23)17(27)29-2)9-11-3-5-12(6-4-11)18(20,21)22/h3-7,10H,8-9H2,1-2H3. The van der Waals surface area contributed by atoms with Gasteiger partial charge in [-0.05, 0) is 23.8 Å². The lowest BCUT2D eigenvalue weighted by molar-refractivity contribution is -0.143. The quantitative estimate of drug-likeness (QED) is 0.517. The van der Waals surface area contributed by atoms with Crippen LogP contribution in [0.15, 0.2) is 36.5 Å². The zero-order valence-corrected chi connectivity index (χ0v) is 16.1. The molecule has 0 saturated heterocycles. The molecule has 0 saturated carbocycles. The molecule has 1 heterocycles. The molecular formula is C18H16ClF3N2O5. The van der Waals surface area contributed by atoms with Gasteiger partial charge in [-0.1, -0.05) is 23.7 Å². The van der Waals surface area contributed by atoms with Crippen LogP contribution in [0.3, 0.4) is 0 Å². The molecule has 0 N–H and O–H groups in total. The number of hydrogen-bond donors (Lipinski definition) is 0. The molecular weight excluding hydrogens is 417 g/mol. The zero-order valence-electron chi connectivity index (χ0n) is 15.3. The van der Waals surface area contributed by atoms with Crippen LogP contribution in [0, 0.1) is 0 Å². The van der Waals surface area contributed by atoms with Gasteiger partial charge in [-0.25, -0.2) is 14.5 Å². The lowest BCUT2D eigenvalue weighted by Crippen LogP contribution is -2.42. The molecule has 156 valence electrons. The first-order chi connectivity index (χ1) is 13.6. The van der Waals surface area contributed by atoms with Gasteiger partial charge in [-0.3, -0.25) is 9.59 Å². The van der Waals surface area contributed by atoms with Crippen LogP contribution in [0.2, 0.25) is 5.02 Å². The molecule has 0 aliphatic carbocycles. The number of carbonyl (C=O) groups is 3. The Morgan fingerprint density at radius 1 is 1.10 bits per heavy atom. The molecule has 0 atom stereocenters. The van der Waals surface area contributed by atoms with Gasteiger partial charge in [0.2, 0.25) is 0 Å². The number of alkyl halides is 3. The van der Waals surface area contributed by atoms with Crippen molar-refractivity contribution in [2.24, 2.45) is 0 Å².